The summed E-state index contributed by atoms with van der Waals surface area (Å²) in [6.45, 7) is 4.22. The highest BCUT2D eigenvalue weighted by Gasteiger charge is 2.28. The molecule has 1 fully saturated rings. The Hall–Kier alpha value is -1.36. The van der Waals surface area contributed by atoms with Gasteiger partial charge in [-0.15, -0.1) is 0 Å². The molecule has 5 heteroatoms. The second-order valence-corrected chi connectivity index (χ2v) is 4.78. The van der Waals surface area contributed by atoms with Crippen molar-refractivity contribution in [3.63, 3.8) is 0 Å². The van der Waals surface area contributed by atoms with E-state index in [1.54, 1.807) is 0 Å². The predicted molar refractivity (Wildman–Crippen MR) is 63.4 cm³/mol. The fraction of sp³-hybridized carbons (Fsp3) is 0.667. The molecular formula is C12H19N3O2. The number of nitrogens with one attached hydrogen (secondary N) is 1. The van der Waals surface area contributed by atoms with Crippen LogP contribution in [0.5, 0.6) is 0 Å². The van der Waals surface area contributed by atoms with Gasteiger partial charge in [0.25, 0.3) is 0 Å². The number of amides is 1. The van der Waals surface area contributed by atoms with Gasteiger partial charge in [0, 0.05) is 18.2 Å². The van der Waals surface area contributed by atoms with Gasteiger partial charge in [0.15, 0.2) is 0 Å². The van der Waals surface area contributed by atoms with E-state index >= 15 is 0 Å². The first-order valence-corrected chi connectivity index (χ1v) is 6.02. The number of aromatic nitrogens is 1. The number of rotatable bonds is 5. The van der Waals surface area contributed by atoms with Crippen molar-refractivity contribution in [2.45, 2.75) is 39.2 Å². The lowest BCUT2D eigenvalue weighted by atomic mass is 10.1. The summed E-state index contributed by atoms with van der Waals surface area (Å²) in [5.41, 5.74) is 7.57. The molecule has 1 atom stereocenters. The minimum absolute atomic E-state index is 0.0181. The van der Waals surface area contributed by atoms with E-state index in [1.807, 2.05) is 13.8 Å². The fourth-order valence-corrected chi connectivity index (χ4v) is 1.90. The molecular weight excluding hydrogens is 218 g/mol. The normalized spacial score (nSPS) is 16.9. The third-order valence-corrected chi connectivity index (χ3v) is 3.28. The Labute approximate surface area is 101 Å². The van der Waals surface area contributed by atoms with E-state index in [1.165, 1.54) is 12.8 Å². The lowest BCUT2D eigenvalue weighted by Crippen LogP contribution is -2.39. The quantitative estimate of drug-likeness (QED) is 0.789. The summed E-state index contributed by atoms with van der Waals surface area (Å²) < 4.78 is 5.02. The van der Waals surface area contributed by atoms with Crippen molar-refractivity contribution in [2.75, 3.05) is 6.54 Å². The van der Waals surface area contributed by atoms with Crippen LogP contribution in [0.4, 0.5) is 0 Å². The Morgan fingerprint density at radius 1 is 1.59 bits per heavy atom. The van der Waals surface area contributed by atoms with E-state index in [9.17, 15) is 4.79 Å². The third kappa shape index (κ3) is 3.06. The molecule has 1 saturated carbocycles. The summed E-state index contributed by atoms with van der Waals surface area (Å²) in [4.78, 5) is 11.7. The lowest BCUT2D eigenvalue weighted by molar-refractivity contribution is -0.120. The molecule has 1 unspecified atom stereocenters. The molecule has 3 N–H and O–H groups in total. The first-order valence-electron chi connectivity index (χ1n) is 6.02. The molecule has 94 valence electrons. The Balaban J connectivity index is 1.80. The van der Waals surface area contributed by atoms with Gasteiger partial charge in [-0.25, -0.2) is 0 Å². The number of aryl methyl sites for hydroxylation is 2. The highest BCUT2D eigenvalue weighted by atomic mass is 16.5. The van der Waals surface area contributed by atoms with Gasteiger partial charge in [0.2, 0.25) is 5.91 Å². The zero-order valence-corrected chi connectivity index (χ0v) is 10.3. The van der Waals surface area contributed by atoms with Crippen molar-refractivity contribution < 1.29 is 9.32 Å². The SMILES string of the molecule is Cc1noc(C)c1CC(=O)NCC(N)C1CC1. The van der Waals surface area contributed by atoms with Crippen LogP contribution in [0.15, 0.2) is 4.52 Å². The van der Waals surface area contributed by atoms with Crippen LogP contribution in [-0.4, -0.2) is 23.7 Å². The van der Waals surface area contributed by atoms with E-state index in [0.29, 0.717) is 24.6 Å². The maximum absolute atomic E-state index is 11.7. The average Bonchev–Trinajstić information content (AvgIpc) is 3.09. The molecule has 2 rings (SSSR count). The fourth-order valence-electron chi connectivity index (χ4n) is 1.90. The van der Waals surface area contributed by atoms with E-state index in [-0.39, 0.29) is 11.9 Å². The molecule has 0 aliphatic heterocycles. The van der Waals surface area contributed by atoms with Crippen LogP contribution in [-0.2, 0) is 11.2 Å². The van der Waals surface area contributed by atoms with Crippen LogP contribution in [0.25, 0.3) is 0 Å². The topological polar surface area (TPSA) is 81.2 Å². The van der Waals surface area contributed by atoms with Crippen molar-refractivity contribution in [1.29, 1.82) is 0 Å². The number of carbonyl (C=O) groups excluding carboxylic acids is 1. The van der Waals surface area contributed by atoms with Gasteiger partial charge in [-0.1, -0.05) is 5.16 Å². The lowest BCUT2D eigenvalue weighted by Gasteiger charge is -2.11. The van der Waals surface area contributed by atoms with Crippen molar-refractivity contribution in [2.24, 2.45) is 11.7 Å². The van der Waals surface area contributed by atoms with E-state index in [4.69, 9.17) is 10.3 Å². The van der Waals surface area contributed by atoms with Crippen molar-refractivity contribution >= 4 is 5.91 Å². The van der Waals surface area contributed by atoms with Crippen molar-refractivity contribution in [3.8, 4) is 0 Å². The molecule has 1 aliphatic carbocycles. The van der Waals surface area contributed by atoms with Crippen LogP contribution in [0.3, 0.4) is 0 Å². The monoisotopic (exact) mass is 237 g/mol. The van der Waals surface area contributed by atoms with Crippen molar-refractivity contribution in [1.82, 2.24) is 10.5 Å². The Morgan fingerprint density at radius 2 is 2.29 bits per heavy atom. The molecule has 1 heterocycles. The van der Waals surface area contributed by atoms with Gasteiger partial charge < -0.3 is 15.6 Å². The minimum atomic E-state index is -0.0181. The second-order valence-electron chi connectivity index (χ2n) is 4.78. The first-order chi connectivity index (χ1) is 8.08. The van der Waals surface area contributed by atoms with E-state index in [0.717, 1.165) is 11.3 Å². The molecule has 0 radical (unpaired) electrons. The van der Waals surface area contributed by atoms with Crippen LogP contribution in [0.2, 0.25) is 0 Å². The number of carbonyl (C=O) groups is 1. The zero-order valence-electron chi connectivity index (χ0n) is 10.3. The standard InChI is InChI=1S/C12H19N3O2/c1-7-10(8(2)17-15-7)5-12(16)14-6-11(13)9-3-4-9/h9,11H,3-6,13H2,1-2H3,(H,14,16). The summed E-state index contributed by atoms with van der Waals surface area (Å²) in [6, 6.07) is 0.101. The van der Waals surface area contributed by atoms with Crippen LogP contribution < -0.4 is 11.1 Å². The highest BCUT2D eigenvalue weighted by molar-refractivity contribution is 5.79. The number of hydrogen-bond acceptors (Lipinski definition) is 4. The maximum Gasteiger partial charge on any atom is 0.224 e. The smallest absolute Gasteiger partial charge is 0.224 e. The molecule has 0 aromatic carbocycles. The molecule has 1 aromatic rings. The molecule has 0 bridgehead atoms. The minimum Gasteiger partial charge on any atom is -0.361 e. The van der Waals surface area contributed by atoms with Gasteiger partial charge in [-0.2, -0.15) is 0 Å². The number of hydrogen-bond donors (Lipinski definition) is 2. The van der Waals surface area contributed by atoms with Gasteiger partial charge in [0.05, 0.1) is 12.1 Å². The van der Waals surface area contributed by atoms with Gasteiger partial charge in [-0.3, -0.25) is 4.79 Å². The third-order valence-electron chi connectivity index (χ3n) is 3.28. The predicted octanol–water partition coefficient (Wildman–Crippen LogP) is 0.687. The molecule has 5 nitrogen and oxygen atoms in total. The number of nitrogens with two attached hydrogens (primary N) is 1. The molecule has 0 spiro atoms. The summed E-state index contributed by atoms with van der Waals surface area (Å²) in [7, 11) is 0. The Kier molecular flexibility index (Phi) is 3.47. The average molecular weight is 237 g/mol. The van der Waals surface area contributed by atoms with Crippen molar-refractivity contribution in [3.05, 3.63) is 17.0 Å². The second kappa shape index (κ2) is 4.87. The van der Waals surface area contributed by atoms with Crippen LogP contribution in [0, 0.1) is 19.8 Å². The Morgan fingerprint density at radius 3 is 2.82 bits per heavy atom. The summed E-state index contributed by atoms with van der Waals surface area (Å²) >= 11 is 0. The van der Waals surface area contributed by atoms with Gasteiger partial charge >= 0.3 is 0 Å². The highest BCUT2D eigenvalue weighted by Crippen LogP contribution is 2.31. The summed E-state index contributed by atoms with van der Waals surface area (Å²) in [6.07, 6.45) is 2.71. The molecule has 1 amide bonds. The summed E-state index contributed by atoms with van der Waals surface area (Å²) in [5.74, 6) is 1.30. The first kappa shape index (κ1) is 12.1. The number of nitrogens with zero attached hydrogens (tertiary/aromatic N) is 1. The van der Waals surface area contributed by atoms with Gasteiger partial charge in [-0.05, 0) is 32.6 Å². The Bertz CT molecular complexity index is 390. The van der Waals surface area contributed by atoms with E-state index in [2.05, 4.69) is 10.5 Å². The molecule has 17 heavy (non-hydrogen) atoms. The van der Waals surface area contributed by atoms with Gasteiger partial charge in [0.1, 0.15) is 5.76 Å². The largest absolute Gasteiger partial charge is 0.361 e. The maximum atomic E-state index is 11.7. The zero-order chi connectivity index (χ0) is 12.4. The van der Waals surface area contributed by atoms with Crippen LogP contribution >= 0.6 is 0 Å². The van der Waals surface area contributed by atoms with Crippen LogP contribution in [0.1, 0.15) is 29.9 Å². The molecule has 0 saturated heterocycles. The van der Waals surface area contributed by atoms with E-state index < -0.39 is 0 Å². The summed E-state index contributed by atoms with van der Waals surface area (Å²) in [5, 5.41) is 6.69. The molecule has 1 aliphatic rings. The molecule has 1 aromatic heterocycles.